The van der Waals surface area contributed by atoms with Crippen molar-refractivity contribution in [2.45, 2.75) is 79.1 Å². The molecule has 33 heavy (non-hydrogen) atoms. The van der Waals surface area contributed by atoms with Gasteiger partial charge in [0.05, 0.1) is 0 Å². The topological polar surface area (TPSA) is 40.5 Å². The van der Waals surface area contributed by atoms with Crippen LogP contribution in [0.1, 0.15) is 101 Å². The Morgan fingerprint density at radius 1 is 0.515 bits per heavy atom. The van der Waals surface area contributed by atoms with Crippen LogP contribution in [-0.4, -0.2) is 17.2 Å². The molecule has 0 amide bonds. The maximum Gasteiger partial charge on any atom is 0.488 e. The Morgan fingerprint density at radius 3 is 1.06 bits per heavy atom. The van der Waals surface area contributed by atoms with Gasteiger partial charge in [0.25, 0.3) is 0 Å². The molecule has 2 nitrogen and oxygen atoms in total. The SMILES string of the molecule is CC(C)c1cccc(C(C)C)c1-c1cc(B(O)O)cc(-c2c(C(C)C)cccc2C(C)C)c1. The Bertz CT molecular complexity index is 976. The van der Waals surface area contributed by atoms with Crippen molar-refractivity contribution in [1.29, 1.82) is 0 Å². The summed E-state index contributed by atoms with van der Waals surface area (Å²) in [5, 5.41) is 20.5. The summed E-state index contributed by atoms with van der Waals surface area (Å²) in [5.41, 5.74) is 10.2. The molecule has 0 radical (unpaired) electrons. The molecule has 0 bridgehead atoms. The molecule has 0 unspecified atom stereocenters. The van der Waals surface area contributed by atoms with Gasteiger partial charge in [-0.2, -0.15) is 0 Å². The van der Waals surface area contributed by atoms with Gasteiger partial charge in [-0.25, -0.2) is 0 Å². The minimum atomic E-state index is -1.52. The van der Waals surface area contributed by atoms with E-state index in [9.17, 15) is 10.0 Å². The van der Waals surface area contributed by atoms with Gasteiger partial charge in [0.2, 0.25) is 0 Å². The van der Waals surface area contributed by atoms with E-state index in [-0.39, 0.29) is 0 Å². The number of benzene rings is 3. The van der Waals surface area contributed by atoms with Crippen molar-refractivity contribution in [3.05, 3.63) is 76.9 Å². The quantitative estimate of drug-likeness (QED) is 0.380. The predicted molar refractivity (Wildman–Crippen MR) is 143 cm³/mol. The van der Waals surface area contributed by atoms with Crippen LogP contribution in [0, 0.1) is 0 Å². The lowest BCUT2D eigenvalue weighted by Gasteiger charge is -2.24. The zero-order chi connectivity index (χ0) is 24.4. The summed E-state index contributed by atoms with van der Waals surface area (Å²) in [4.78, 5) is 0. The third-order valence-electron chi connectivity index (χ3n) is 6.58. The first-order chi connectivity index (χ1) is 15.5. The van der Waals surface area contributed by atoms with Gasteiger partial charge in [0.15, 0.2) is 0 Å². The van der Waals surface area contributed by atoms with Crippen molar-refractivity contribution in [3.63, 3.8) is 0 Å². The third-order valence-corrected chi connectivity index (χ3v) is 6.58. The minimum Gasteiger partial charge on any atom is -0.423 e. The molecule has 0 heterocycles. The lowest BCUT2D eigenvalue weighted by Crippen LogP contribution is -2.30. The summed E-state index contributed by atoms with van der Waals surface area (Å²) in [6.07, 6.45) is 0. The number of hydrogen-bond acceptors (Lipinski definition) is 2. The fourth-order valence-electron chi connectivity index (χ4n) is 4.86. The van der Waals surface area contributed by atoms with Crippen LogP contribution in [0.4, 0.5) is 0 Å². The minimum absolute atomic E-state index is 0.360. The zero-order valence-corrected chi connectivity index (χ0v) is 21.5. The first kappa shape index (κ1) is 25.3. The van der Waals surface area contributed by atoms with E-state index in [1.807, 2.05) is 12.1 Å². The molecule has 0 saturated carbocycles. The van der Waals surface area contributed by atoms with Crippen molar-refractivity contribution in [1.82, 2.24) is 0 Å². The molecule has 0 aliphatic rings. The summed E-state index contributed by atoms with van der Waals surface area (Å²) in [6, 6.07) is 19.3. The fraction of sp³-hybridized carbons (Fsp3) is 0.400. The van der Waals surface area contributed by atoms with E-state index >= 15 is 0 Å². The molecular formula is C30H39BO2. The van der Waals surface area contributed by atoms with Crippen LogP contribution in [-0.2, 0) is 0 Å². The standard InChI is InChI=1S/C30H39BO2/c1-18(2)25-11-9-12-26(19(3)4)29(25)22-15-23(17-24(16-22)31(32)33)30-27(20(5)6)13-10-14-28(30)21(7)8/h9-21,32-33H,1-8H3. The molecule has 3 aromatic carbocycles. The highest BCUT2D eigenvalue weighted by molar-refractivity contribution is 6.58. The molecule has 0 atom stereocenters. The third kappa shape index (κ3) is 5.26. The summed E-state index contributed by atoms with van der Waals surface area (Å²) < 4.78 is 0. The maximum absolute atomic E-state index is 10.2. The average Bonchev–Trinajstić information content (AvgIpc) is 2.77. The van der Waals surface area contributed by atoms with Gasteiger partial charge in [-0.15, -0.1) is 0 Å². The molecule has 0 saturated heterocycles. The Labute approximate surface area is 200 Å². The zero-order valence-electron chi connectivity index (χ0n) is 21.5. The van der Waals surface area contributed by atoms with E-state index in [1.165, 1.54) is 33.4 Å². The van der Waals surface area contributed by atoms with Crippen LogP contribution >= 0.6 is 0 Å². The van der Waals surface area contributed by atoms with Gasteiger partial charge >= 0.3 is 7.12 Å². The van der Waals surface area contributed by atoms with Crippen LogP contribution in [0.25, 0.3) is 22.3 Å². The molecule has 0 fully saturated rings. The molecule has 174 valence electrons. The van der Waals surface area contributed by atoms with E-state index in [0.29, 0.717) is 29.1 Å². The van der Waals surface area contributed by atoms with Gasteiger partial charge in [0.1, 0.15) is 0 Å². The van der Waals surface area contributed by atoms with Crippen molar-refractivity contribution in [2.75, 3.05) is 0 Å². The molecule has 3 rings (SSSR count). The lowest BCUT2D eigenvalue weighted by atomic mass is 9.74. The van der Waals surface area contributed by atoms with E-state index in [4.69, 9.17) is 0 Å². The second kappa shape index (κ2) is 10.3. The highest BCUT2D eigenvalue weighted by atomic mass is 16.4. The van der Waals surface area contributed by atoms with Crippen molar-refractivity contribution < 1.29 is 10.0 Å². The molecule has 0 aliphatic carbocycles. The molecule has 0 aromatic heterocycles. The molecule has 3 heteroatoms. The number of rotatable bonds is 7. The summed E-state index contributed by atoms with van der Waals surface area (Å²) in [5.74, 6) is 1.44. The summed E-state index contributed by atoms with van der Waals surface area (Å²) in [6.45, 7) is 17.8. The second-order valence-electron chi connectivity index (χ2n) is 10.5. The van der Waals surface area contributed by atoms with Gasteiger partial charge in [0, 0.05) is 0 Å². The van der Waals surface area contributed by atoms with Gasteiger partial charge in [-0.3, -0.25) is 0 Å². The van der Waals surface area contributed by atoms with E-state index in [1.54, 1.807) is 0 Å². The monoisotopic (exact) mass is 442 g/mol. The Morgan fingerprint density at radius 2 is 0.818 bits per heavy atom. The highest BCUT2D eigenvalue weighted by Gasteiger charge is 2.22. The van der Waals surface area contributed by atoms with E-state index < -0.39 is 7.12 Å². The van der Waals surface area contributed by atoms with E-state index in [2.05, 4.69) is 97.9 Å². The summed E-state index contributed by atoms with van der Waals surface area (Å²) >= 11 is 0. The highest BCUT2D eigenvalue weighted by Crippen LogP contribution is 2.40. The van der Waals surface area contributed by atoms with Gasteiger partial charge in [-0.05, 0) is 79.7 Å². The van der Waals surface area contributed by atoms with E-state index in [0.717, 1.165) is 11.1 Å². The fourth-order valence-corrected chi connectivity index (χ4v) is 4.86. The Balaban J connectivity index is 2.43. The van der Waals surface area contributed by atoms with Crippen LogP contribution in [0.15, 0.2) is 54.6 Å². The molecule has 0 spiro atoms. The molecule has 2 N–H and O–H groups in total. The summed E-state index contributed by atoms with van der Waals surface area (Å²) in [7, 11) is -1.52. The largest absolute Gasteiger partial charge is 0.488 e. The number of hydrogen-bond donors (Lipinski definition) is 2. The first-order valence-electron chi connectivity index (χ1n) is 12.3. The van der Waals surface area contributed by atoms with Gasteiger partial charge in [-0.1, -0.05) is 104 Å². The Kier molecular flexibility index (Phi) is 7.87. The Hall–Kier alpha value is -2.36. The van der Waals surface area contributed by atoms with Crippen LogP contribution in [0.3, 0.4) is 0 Å². The van der Waals surface area contributed by atoms with Crippen molar-refractivity contribution in [3.8, 4) is 22.3 Å². The smallest absolute Gasteiger partial charge is 0.423 e. The predicted octanol–water partition coefficient (Wildman–Crippen LogP) is 7.19. The van der Waals surface area contributed by atoms with Crippen molar-refractivity contribution >= 4 is 12.6 Å². The van der Waals surface area contributed by atoms with Crippen LogP contribution in [0.2, 0.25) is 0 Å². The maximum atomic E-state index is 10.2. The molecular weight excluding hydrogens is 403 g/mol. The van der Waals surface area contributed by atoms with Crippen molar-refractivity contribution in [2.24, 2.45) is 0 Å². The molecule has 3 aromatic rings. The molecule has 0 aliphatic heterocycles. The normalized spacial score (nSPS) is 11.8. The second-order valence-corrected chi connectivity index (χ2v) is 10.5. The van der Waals surface area contributed by atoms with Gasteiger partial charge < -0.3 is 10.0 Å². The first-order valence-corrected chi connectivity index (χ1v) is 12.3. The van der Waals surface area contributed by atoms with Crippen LogP contribution < -0.4 is 5.46 Å². The average molecular weight is 442 g/mol. The lowest BCUT2D eigenvalue weighted by molar-refractivity contribution is 0.426. The van der Waals surface area contributed by atoms with Crippen LogP contribution in [0.5, 0.6) is 0 Å².